The van der Waals surface area contributed by atoms with E-state index in [9.17, 15) is 0 Å². The molecule has 0 amide bonds. The van der Waals surface area contributed by atoms with E-state index in [2.05, 4.69) is 20.9 Å². The molecule has 3 nitrogen and oxygen atoms in total. The highest BCUT2D eigenvalue weighted by atomic mass is 79.9. The normalized spacial score (nSPS) is 10.0. The molecule has 1 heterocycles. The van der Waals surface area contributed by atoms with Gasteiger partial charge >= 0.3 is 0 Å². The van der Waals surface area contributed by atoms with E-state index in [1.807, 2.05) is 0 Å². The summed E-state index contributed by atoms with van der Waals surface area (Å²) in [5.41, 5.74) is 6.44. The highest BCUT2D eigenvalue weighted by Crippen LogP contribution is 2.17. The van der Waals surface area contributed by atoms with Crippen molar-refractivity contribution < 1.29 is 4.74 Å². The van der Waals surface area contributed by atoms with Crippen molar-refractivity contribution >= 4 is 21.7 Å². The first-order valence-electron chi connectivity index (χ1n) is 3.13. The predicted molar refractivity (Wildman–Crippen MR) is 47.1 cm³/mol. The van der Waals surface area contributed by atoms with Crippen LogP contribution < -0.4 is 5.73 Å². The van der Waals surface area contributed by atoms with Crippen LogP contribution in [0.2, 0.25) is 0 Å². The third kappa shape index (κ3) is 2.17. The zero-order valence-electron chi connectivity index (χ0n) is 6.17. The number of ether oxygens (including phenoxy) is 1. The van der Waals surface area contributed by atoms with Crippen molar-refractivity contribution in [3.8, 4) is 0 Å². The molecule has 0 saturated heterocycles. The van der Waals surface area contributed by atoms with Crippen LogP contribution in [0, 0.1) is 0 Å². The molecule has 0 unspecified atom stereocenters. The Balaban J connectivity index is 2.90. The Morgan fingerprint density at radius 2 is 2.45 bits per heavy atom. The minimum absolute atomic E-state index is 0.511. The van der Waals surface area contributed by atoms with E-state index < -0.39 is 0 Å². The lowest BCUT2D eigenvalue weighted by Gasteiger charge is -2.02. The van der Waals surface area contributed by atoms with Crippen molar-refractivity contribution in [2.24, 2.45) is 0 Å². The lowest BCUT2D eigenvalue weighted by Crippen LogP contribution is -1.94. The Morgan fingerprint density at radius 3 is 3.00 bits per heavy atom. The van der Waals surface area contributed by atoms with Crippen molar-refractivity contribution in [3.05, 3.63) is 22.3 Å². The average Bonchev–Trinajstić information content (AvgIpc) is 1.95. The molecule has 0 bridgehead atoms. The Hall–Kier alpha value is -0.610. The van der Waals surface area contributed by atoms with Crippen LogP contribution in [0.1, 0.15) is 5.56 Å². The largest absolute Gasteiger partial charge is 0.384 e. The summed E-state index contributed by atoms with van der Waals surface area (Å²) in [4.78, 5) is 3.93. The first-order valence-corrected chi connectivity index (χ1v) is 3.92. The summed E-state index contributed by atoms with van der Waals surface area (Å²) >= 11 is 3.35. The topological polar surface area (TPSA) is 48.1 Å². The molecule has 2 N–H and O–H groups in total. The van der Waals surface area contributed by atoms with E-state index in [0.717, 1.165) is 10.0 Å². The van der Waals surface area contributed by atoms with E-state index in [1.54, 1.807) is 19.4 Å². The minimum Gasteiger partial charge on any atom is -0.384 e. The number of anilines is 1. The fourth-order valence-electron chi connectivity index (χ4n) is 0.736. The summed E-state index contributed by atoms with van der Waals surface area (Å²) in [6.45, 7) is 0.549. The summed E-state index contributed by atoms with van der Waals surface area (Å²) < 4.78 is 5.87. The van der Waals surface area contributed by atoms with Gasteiger partial charge < -0.3 is 10.5 Å². The van der Waals surface area contributed by atoms with Gasteiger partial charge in [-0.2, -0.15) is 0 Å². The summed E-state index contributed by atoms with van der Waals surface area (Å²) in [5.74, 6) is 0.511. The van der Waals surface area contributed by atoms with Gasteiger partial charge in [-0.15, -0.1) is 0 Å². The van der Waals surface area contributed by atoms with E-state index in [4.69, 9.17) is 10.5 Å². The second-order valence-electron chi connectivity index (χ2n) is 2.13. The Kier molecular flexibility index (Phi) is 2.84. The Morgan fingerprint density at radius 1 is 1.73 bits per heavy atom. The van der Waals surface area contributed by atoms with Gasteiger partial charge in [0, 0.05) is 23.3 Å². The summed E-state index contributed by atoms with van der Waals surface area (Å²) in [5, 5.41) is 0. The number of nitrogens with two attached hydrogens (primary N) is 1. The van der Waals surface area contributed by atoms with Crippen molar-refractivity contribution in [3.63, 3.8) is 0 Å². The van der Waals surface area contributed by atoms with Crippen LogP contribution >= 0.6 is 15.9 Å². The zero-order chi connectivity index (χ0) is 8.27. The van der Waals surface area contributed by atoms with Crippen LogP contribution in [0.3, 0.4) is 0 Å². The second kappa shape index (κ2) is 3.69. The molecule has 0 radical (unpaired) electrons. The molecule has 0 fully saturated rings. The van der Waals surface area contributed by atoms with Gasteiger partial charge in [0.15, 0.2) is 0 Å². The number of halogens is 1. The van der Waals surface area contributed by atoms with Crippen molar-refractivity contribution in [1.82, 2.24) is 4.98 Å². The predicted octanol–water partition coefficient (Wildman–Crippen LogP) is 1.57. The summed E-state index contributed by atoms with van der Waals surface area (Å²) in [6.07, 6.45) is 1.70. The Bertz CT molecular complexity index is 252. The van der Waals surface area contributed by atoms with Crippen LogP contribution in [0.5, 0.6) is 0 Å². The smallest absolute Gasteiger partial charge is 0.124 e. The summed E-state index contributed by atoms with van der Waals surface area (Å²) in [6, 6.07) is 1.76. The molecule has 60 valence electrons. The molecule has 4 heteroatoms. The lowest BCUT2D eigenvalue weighted by molar-refractivity contribution is 0.184. The van der Waals surface area contributed by atoms with Gasteiger partial charge in [-0.25, -0.2) is 4.98 Å². The fourth-order valence-corrected chi connectivity index (χ4v) is 1.19. The molecule has 1 aromatic heterocycles. The van der Waals surface area contributed by atoms with Crippen LogP contribution in [0.15, 0.2) is 16.7 Å². The molecular formula is C7H9BrN2O. The number of hydrogen-bond donors (Lipinski definition) is 1. The minimum atomic E-state index is 0.511. The van der Waals surface area contributed by atoms with E-state index >= 15 is 0 Å². The monoisotopic (exact) mass is 216 g/mol. The Labute approximate surface area is 73.7 Å². The van der Waals surface area contributed by atoms with E-state index in [1.165, 1.54) is 0 Å². The molecule has 0 aliphatic carbocycles. The van der Waals surface area contributed by atoms with Gasteiger partial charge in [0.25, 0.3) is 0 Å². The zero-order valence-corrected chi connectivity index (χ0v) is 7.76. The number of methoxy groups -OCH3 is 1. The number of aromatic nitrogens is 1. The molecule has 1 aromatic rings. The lowest BCUT2D eigenvalue weighted by atomic mass is 10.3. The van der Waals surface area contributed by atoms with Gasteiger partial charge in [0.2, 0.25) is 0 Å². The molecule has 0 aliphatic heterocycles. The molecular weight excluding hydrogens is 208 g/mol. The molecule has 0 aromatic carbocycles. The first-order chi connectivity index (χ1) is 5.24. The highest BCUT2D eigenvalue weighted by Gasteiger charge is 1.99. The fraction of sp³-hybridized carbons (Fsp3) is 0.286. The van der Waals surface area contributed by atoms with Gasteiger partial charge in [0.1, 0.15) is 5.82 Å². The van der Waals surface area contributed by atoms with E-state index in [0.29, 0.717) is 12.4 Å². The number of nitrogen functional groups attached to an aromatic ring is 1. The third-order valence-corrected chi connectivity index (χ3v) is 1.99. The maximum absolute atomic E-state index is 5.44. The second-order valence-corrected chi connectivity index (χ2v) is 2.99. The molecule has 1 rings (SSSR count). The maximum Gasteiger partial charge on any atom is 0.124 e. The van der Waals surface area contributed by atoms with Crippen LogP contribution in [-0.4, -0.2) is 12.1 Å². The van der Waals surface area contributed by atoms with Crippen LogP contribution in [0.25, 0.3) is 0 Å². The number of rotatable bonds is 2. The number of hydrogen-bond acceptors (Lipinski definition) is 3. The standard InChI is InChI=1S/C7H9BrN2O/c1-11-4-5-3-10-7(9)2-6(5)8/h2-3H,4H2,1H3,(H2,9,10). The maximum atomic E-state index is 5.44. The molecule has 0 spiro atoms. The van der Waals surface area contributed by atoms with Crippen molar-refractivity contribution in [2.45, 2.75) is 6.61 Å². The average molecular weight is 217 g/mol. The van der Waals surface area contributed by atoms with Gasteiger partial charge in [-0.1, -0.05) is 15.9 Å². The number of pyridine rings is 1. The molecule has 0 atom stereocenters. The van der Waals surface area contributed by atoms with E-state index in [-0.39, 0.29) is 0 Å². The highest BCUT2D eigenvalue weighted by molar-refractivity contribution is 9.10. The number of nitrogens with zero attached hydrogens (tertiary/aromatic N) is 1. The quantitative estimate of drug-likeness (QED) is 0.817. The summed E-state index contributed by atoms with van der Waals surface area (Å²) in [7, 11) is 1.64. The van der Waals surface area contributed by atoms with Gasteiger partial charge in [-0.05, 0) is 6.07 Å². The molecule has 0 saturated carbocycles. The van der Waals surface area contributed by atoms with Gasteiger partial charge in [0.05, 0.1) is 6.61 Å². The van der Waals surface area contributed by atoms with Crippen molar-refractivity contribution in [2.75, 3.05) is 12.8 Å². The molecule has 0 aliphatic rings. The SMILES string of the molecule is COCc1cnc(N)cc1Br. The van der Waals surface area contributed by atoms with Crippen molar-refractivity contribution in [1.29, 1.82) is 0 Å². The molecule has 11 heavy (non-hydrogen) atoms. The van der Waals surface area contributed by atoms with Crippen LogP contribution in [-0.2, 0) is 11.3 Å². The third-order valence-electron chi connectivity index (χ3n) is 1.25. The van der Waals surface area contributed by atoms with Crippen LogP contribution in [0.4, 0.5) is 5.82 Å². The first kappa shape index (κ1) is 8.49. The van der Waals surface area contributed by atoms with Gasteiger partial charge in [-0.3, -0.25) is 0 Å².